The molecule has 0 spiro atoms. The third-order valence-electron chi connectivity index (χ3n) is 8.03. The Morgan fingerprint density at radius 1 is 1.02 bits per heavy atom. The van der Waals surface area contributed by atoms with E-state index in [1.807, 2.05) is 48.5 Å². The Balaban J connectivity index is 1.40. The molecule has 0 radical (unpaired) electrons. The first-order valence-electron chi connectivity index (χ1n) is 14.3. The maximum atomic E-state index is 13.9. The van der Waals surface area contributed by atoms with Crippen LogP contribution in [0.15, 0.2) is 71.7 Å². The fourth-order valence-electron chi connectivity index (χ4n) is 5.33. The molecule has 224 valence electrons. The van der Waals surface area contributed by atoms with Crippen molar-refractivity contribution >= 4 is 40.6 Å². The predicted molar refractivity (Wildman–Crippen MR) is 165 cm³/mol. The number of aliphatic imine (C=N–C) groups is 1. The molecule has 3 aromatic rings. The van der Waals surface area contributed by atoms with E-state index >= 15 is 0 Å². The van der Waals surface area contributed by atoms with Crippen LogP contribution in [0.5, 0.6) is 0 Å². The van der Waals surface area contributed by atoms with Crippen molar-refractivity contribution in [1.82, 2.24) is 9.80 Å². The Hall–Kier alpha value is -4.41. The zero-order valence-corrected chi connectivity index (χ0v) is 24.7. The van der Waals surface area contributed by atoms with Gasteiger partial charge in [0.05, 0.1) is 25.1 Å². The van der Waals surface area contributed by atoms with Crippen LogP contribution >= 0.6 is 0 Å². The van der Waals surface area contributed by atoms with Crippen LogP contribution in [0.1, 0.15) is 29.0 Å². The van der Waals surface area contributed by atoms with E-state index < -0.39 is 11.7 Å². The van der Waals surface area contributed by atoms with Gasteiger partial charge in [-0.2, -0.15) is 0 Å². The number of benzene rings is 3. The Morgan fingerprint density at radius 3 is 2.40 bits per heavy atom. The summed E-state index contributed by atoms with van der Waals surface area (Å²) in [6.45, 7) is 3.98. The fourth-order valence-corrected chi connectivity index (χ4v) is 5.33. The minimum absolute atomic E-state index is 0.0141. The van der Waals surface area contributed by atoms with Crippen LogP contribution < -0.4 is 10.2 Å². The number of aryl methyl sites for hydroxylation is 1. The van der Waals surface area contributed by atoms with Gasteiger partial charge < -0.3 is 19.9 Å². The van der Waals surface area contributed by atoms with Gasteiger partial charge in [-0.3, -0.25) is 24.3 Å². The average Bonchev–Trinajstić information content (AvgIpc) is 3.34. The van der Waals surface area contributed by atoms with Crippen LogP contribution in [0.3, 0.4) is 0 Å². The molecule has 2 aliphatic rings. The molecule has 2 amide bonds. The Kier molecular flexibility index (Phi) is 9.27. The van der Waals surface area contributed by atoms with Gasteiger partial charge in [0.1, 0.15) is 11.7 Å². The summed E-state index contributed by atoms with van der Waals surface area (Å²) in [5.41, 5.74) is 4.60. The number of nitrogens with one attached hydrogen (secondary N) is 1. The van der Waals surface area contributed by atoms with Gasteiger partial charge in [-0.25, -0.2) is 4.39 Å². The minimum Gasteiger partial charge on any atom is -0.469 e. The largest absolute Gasteiger partial charge is 0.469 e. The second kappa shape index (κ2) is 13.3. The average molecular weight is 586 g/mol. The van der Waals surface area contributed by atoms with Gasteiger partial charge in [0.25, 0.3) is 0 Å². The van der Waals surface area contributed by atoms with Crippen molar-refractivity contribution < 1.29 is 23.5 Å². The maximum Gasteiger partial charge on any atom is 0.305 e. The molecule has 2 heterocycles. The van der Waals surface area contributed by atoms with Crippen molar-refractivity contribution in [3.05, 3.63) is 89.2 Å². The van der Waals surface area contributed by atoms with E-state index in [9.17, 15) is 18.8 Å². The number of hydrogen-bond acceptors (Lipinski definition) is 7. The first kappa shape index (κ1) is 30.1. The lowest BCUT2D eigenvalue weighted by molar-refractivity contribution is -0.140. The molecule has 5 rings (SSSR count). The van der Waals surface area contributed by atoms with E-state index in [1.165, 1.54) is 19.2 Å². The number of anilines is 2. The highest BCUT2D eigenvalue weighted by Gasteiger charge is 2.35. The highest BCUT2D eigenvalue weighted by molar-refractivity contribution is 6.24. The monoisotopic (exact) mass is 585 g/mol. The summed E-state index contributed by atoms with van der Waals surface area (Å²) < 4.78 is 18.7. The second-order valence-corrected chi connectivity index (χ2v) is 11.0. The van der Waals surface area contributed by atoms with Crippen molar-refractivity contribution in [3.8, 4) is 0 Å². The number of carbonyl (C=O) groups is 3. The van der Waals surface area contributed by atoms with Crippen LogP contribution in [0.2, 0.25) is 0 Å². The standard InChI is InChI=1S/C33H36FN5O4/c1-37-16-18-39(19-17-37)21-29(40)38(2)26-12-10-25(11-13-26)35-32(23-7-4-22(5-8-23)6-15-30(41)43-3)31-27-14-9-24(34)20-28(27)36-33(31)42/h4-5,7-14,20,31H,6,15-19,21H2,1-3H3,(H,36,42). The molecule has 1 saturated heterocycles. The summed E-state index contributed by atoms with van der Waals surface area (Å²) in [6, 6.07) is 19.1. The highest BCUT2D eigenvalue weighted by atomic mass is 19.1. The van der Waals surface area contributed by atoms with Crippen molar-refractivity contribution in [1.29, 1.82) is 0 Å². The van der Waals surface area contributed by atoms with Gasteiger partial charge in [0, 0.05) is 51.0 Å². The van der Waals surface area contributed by atoms with Gasteiger partial charge in [-0.1, -0.05) is 30.3 Å². The third kappa shape index (κ3) is 7.15. The number of nitrogens with zero attached hydrogens (tertiary/aromatic N) is 4. The number of carbonyl (C=O) groups excluding carboxylic acids is 3. The topological polar surface area (TPSA) is 94.6 Å². The highest BCUT2D eigenvalue weighted by Crippen LogP contribution is 2.37. The zero-order chi connectivity index (χ0) is 30.5. The molecular weight excluding hydrogens is 549 g/mol. The summed E-state index contributed by atoms with van der Waals surface area (Å²) in [6.07, 6.45) is 0.785. The van der Waals surface area contributed by atoms with Crippen molar-refractivity contribution in [2.75, 3.05) is 64.1 Å². The molecule has 9 nitrogen and oxygen atoms in total. The summed E-state index contributed by atoms with van der Waals surface area (Å²) in [7, 11) is 5.21. The minimum atomic E-state index is -0.746. The molecule has 10 heteroatoms. The quantitative estimate of drug-likeness (QED) is 0.302. The van der Waals surface area contributed by atoms with E-state index in [0.29, 0.717) is 35.6 Å². The molecular formula is C33H36FN5O4. The number of rotatable bonds is 9. The number of piperazine rings is 1. The van der Waals surface area contributed by atoms with Crippen molar-refractivity contribution in [2.45, 2.75) is 18.8 Å². The smallest absolute Gasteiger partial charge is 0.305 e. The third-order valence-corrected chi connectivity index (χ3v) is 8.03. The lowest BCUT2D eigenvalue weighted by Gasteiger charge is -2.32. The van der Waals surface area contributed by atoms with E-state index in [0.717, 1.165) is 43.0 Å². The van der Waals surface area contributed by atoms with Gasteiger partial charge in [0.2, 0.25) is 11.8 Å². The van der Waals surface area contributed by atoms with Crippen LogP contribution in [0.4, 0.5) is 21.5 Å². The van der Waals surface area contributed by atoms with Crippen LogP contribution in [0.25, 0.3) is 0 Å². The predicted octanol–water partition coefficient (Wildman–Crippen LogP) is 4.00. The Morgan fingerprint density at radius 2 is 1.72 bits per heavy atom. The Labute approximate surface area is 250 Å². The number of likely N-dealkylation sites (N-methyl/N-ethyl adjacent to an activating group) is 2. The Bertz CT molecular complexity index is 1520. The summed E-state index contributed by atoms with van der Waals surface area (Å²) in [5.74, 6) is -1.74. The van der Waals surface area contributed by atoms with Crippen molar-refractivity contribution in [2.24, 2.45) is 4.99 Å². The first-order chi connectivity index (χ1) is 20.7. The summed E-state index contributed by atoms with van der Waals surface area (Å²) >= 11 is 0. The molecule has 1 unspecified atom stereocenters. The van der Waals surface area contributed by atoms with Gasteiger partial charge in [-0.05, 0) is 66.6 Å². The molecule has 1 N–H and O–H groups in total. The first-order valence-corrected chi connectivity index (χ1v) is 14.3. The molecule has 0 bridgehead atoms. The fraction of sp³-hybridized carbons (Fsp3) is 0.333. The number of esters is 1. The number of halogens is 1. The van der Waals surface area contributed by atoms with Crippen LogP contribution in [-0.4, -0.2) is 87.2 Å². The molecule has 1 fully saturated rings. The van der Waals surface area contributed by atoms with E-state index in [2.05, 4.69) is 22.2 Å². The lowest BCUT2D eigenvalue weighted by Crippen LogP contribution is -2.48. The normalized spacial score (nSPS) is 17.3. The molecule has 43 heavy (non-hydrogen) atoms. The molecule has 0 saturated carbocycles. The van der Waals surface area contributed by atoms with Gasteiger partial charge in [0.15, 0.2) is 0 Å². The molecule has 1 atom stereocenters. The maximum absolute atomic E-state index is 13.9. The second-order valence-electron chi connectivity index (χ2n) is 11.0. The van der Waals surface area contributed by atoms with E-state index in [-0.39, 0.29) is 24.2 Å². The summed E-state index contributed by atoms with van der Waals surface area (Å²) in [4.78, 5) is 48.7. The van der Waals surface area contributed by atoms with E-state index in [4.69, 9.17) is 9.73 Å². The van der Waals surface area contributed by atoms with E-state index in [1.54, 1.807) is 18.0 Å². The molecule has 2 aliphatic heterocycles. The molecule has 3 aromatic carbocycles. The number of fused-ring (bicyclic) bond motifs is 1. The van der Waals surface area contributed by atoms with Gasteiger partial charge in [-0.15, -0.1) is 0 Å². The molecule has 0 aliphatic carbocycles. The number of amides is 2. The number of hydrogen-bond donors (Lipinski definition) is 1. The zero-order valence-electron chi connectivity index (χ0n) is 24.7. The van der Waals surface area contributed by atoms with Crippen LogP contribution in [0, 0.1) is 5.82 Å². The number of methoxy groups -OCH3 is 1. The number of ether oxygens (including phenoxy) is 1. The van der Waals surface area contributed by atoms with Crippen LogP contribution in [-0.2, 0) is 25.5 Å². The summed E-state index contributed by atoms with van der Waals surface area (Å²) in [5, 5.41) is 2.79. The molecule has 0 aromatic heterocycles. The SMILES string of the molecule is COC(=O)CCc1ccc(C(=Nc2ccc(N(C)C(=O)CN3CCN(C)CC3)cc2)C2C(=O)Nc3cc(F)ccc32)cc1. The lowest BCUT2D eigenvalue weighted by atomic mass is 9.90. The van der Waals surface area contributed by atoms with Gasteiger partial charge >= 0.3 is 5.97 Å². The van der Waals surface area contributed by atoms with Crippen molar-refractivity contribution in [3.63, 3.8) is 0 Å².